The van der Waals surface area contributed by atoms with E-state index in [1.807, 2.05) is 0 Å². The van der Waals surface area contributed by atoms with Gasteiger partial charge in [-0.3, -0.25) is 0 Å². The summed E-state index contributed by atoms with van der Waals surface area (Å²) in [7, 11) is 2.22. The van der Waals surface area contributed by atoms with E-state index < -0.39 is 0 Å². The fraction of sp³-hybridized carbons (Fsp3) is 0.769. The van der Waals surface area contributed by atoms with Crippen molar-refractivity contribution in [2.45, 2.75) is 38.6 Å². The summed E-state index contributed by atoms with van der Waals surface area (Å²) in [6.45, 7) is 6.66. The van der Waals surface area contributed by atoms with Crippen LogP contribution in [-0.4, -0.2) is 41.4 Å². The number of fused-ring (bicyclic) bond motifs is 1. The molecule has 0 aliphatic carbocycles. The summed E-state index contributed by atoms with van der Waals surface area (Å²) in [6, 6.07) is 0. The fourth-order valence-electron chi connectivity index (χ4n) is 3.11. The molecule has 4 heteroatoms. The number of nitrogens with one attached hydrogen (secondary N) is 1. The molecule has 17 heavy (non-hydrogen) atoms. The third-order valence-electron chi connectivity index (χ3n) is 4.15. The fourth-order valence-corrected chi connectivity index (χ4v) is 3.11. The van der Waals surface area contributed by atoms with Crippen LogP contribution < -0.4 is 5.32 Å². The number of hydrogen-bond acceptors (Lipinski definition) is 3. The second-order valence-electron chi connectivity index (χ2n) is 5.28. The lowest BCUT2D eigenvalue weighted by molar-refractivity contribution is 0.252. The Morgan fingerprint density at radius 1 is 1.35 bits per heavy atom. The van der Waals surface area contributed by atoms with E-state index in [1.165, 1.54) is 43.0 Å². The van der Waals surface area contributed by atoms with Crippen molar-refractivity contribution in [1.82, 2.24) is 14.7 Å². The molecule has 1 N–H and O–H groups in total. The molecule has 0 amide bonds. The minimum absolute atomic E-state index is 0.688. The summed E-state index contributed by atoms with van der Waals surface area (Å²) in [5, 5.41) is 8.31. The van der Waals surface area contributed by atoms with Gasteiger partial charge in [0, 0.05) is 24.6 Å². The Morgan fingerprint density at radius 3 is 2.82 bits per heavy atom. The first kappa shape index (κ1) is 11.1. The number of aryl methyl sites for hydroxylation is 1. The van der Waals surface area contributed by atoms with Gasteiger partial charge in [0.05, 0.1) is 5.69 Å². The molecule has 4 nitrogen and oxygen atoms in total. The van der Waals surface area contributed by atoms with Gasteiger partial charge in [-0.05, 0) is 46.3 Å². The van der Waals surface area contributed by atoms with Crippen LogP contribution in [0.5, 0.6) is 0 Å². The van der Waals surface area contributed by atoms with Crippen LogP contribution in [0.2, 0.25) is 0 Å². The van der Waals surface area contributed by atoms with Crippen molar-refractivity contribution >= 4 is 5.82 Å². The topological polar surface area (TPSA) is 33.1 Å². The van der Waals surface area contributed by atoms with Crippen LogP contribution in [0.4, 0.5) is 5.82 Å². The summed E-state index contributed by atoms with van der Waals surface area (Å²) in [6.07, 6.45) is 3.70. The molecule has 3 heterocycles. The van der Waals surface area contributed by atoms with E-state index in [0.717, 1.165) is 19.5 Å². The first-order chi connectivity index (χ1) is 8.29. The standard InChI is InChI=1S/C13H22N4/c1-3-17-13-11(4-7-14-13)12(15-17)10-5-8-16(2)9-6-10/h10,14H,3-9H2,1-2H3. The predicted molar refractivity (Wildman–Crippen MR) is 69.6 cm³/mol. The summed E-state index contributed by atoms with van der Waals surface area (Å²) in [5.74, 6) is 1.98. The first-order valence-electron chi connectivity index (χ1n) is 6.81. The minimum atomic E-state index is 0.688. The zero-order valence-electron chi connectivity index (χ0n) is 10.9. The van der Waals surface area contributed by atoms with Crippen molar-refractivity contribution in [1.29, 1.82) is 0 Å². The van der Waals surface area contributed by atoms with E-state index in [4.69, 9.17) is 5.10 Å². The summed E-state index contributed by atoms with van der Waals surface area (Å²) < 4.78 is 2.15. The molecular weight excluding hydrogens is 212 g/mol. The van der Waals surface area contributed by atoms with Crippen LogP contribution in [0.1, 0.15) is 36.9 Å². The summed E-state index contributed by atoms with van der Waals surface area (Å²) in [4.78, 5) is 2.42. The maximum atomic E-state index is 4.83. The van der Waals surface area contributed by atoms with Crippen LogP contribution in [0.3, 0.4) is 0 Å². The van der Waals surface area contributed by atoms with Crippen LogP contribution >= 0.6 is 0 Å². The molecule has 0 spiro atoms. The highest BCUT2D eigenvalue weighted by molar-refractivity contribution is 5.53. The smallest absolute Gasteiger partial charge is 0.127 e. The average Bonchev–Trinajstić information content (AvgIpc) is 2.91. The molecule has 2 aliphatic heterocycles. The number of rotatable bonds is 2. The van der Waals surface area contributed by atoms with Crippen molar-refractivity contribution in [2.75, 3.05) is 32.0 Å². The van der Waals surface area contributed by atoms with Crippen molar-refractivity contribution in [3.8, 4) is 0 Å². The van der Waals surface area contributed by atoms with Gasteiger partial charge in [-0.15, -0.1) is 0 Å². The third kappa shape index (κ3) is 1.84. The van der Waals surface area contributed by atoms with Gasteiger partial charge in [-0.2, -0.15) is 5.10 Å². The van der Waals surface area contributed by atoms with Gasteiger partial charge in [0.25, 0.3) is 0 Å². The van der Waals surface area contributed by atoms with Crippen molar-refractivity contribution in [3.05, 3.63) is 11.3 Å². The SMILES string of the molecule is CCn1nc(C2CCN(C)CC2)c2c1NCC2. The Kier molecular flexibility index (Phi) is 2.82. The van der Waals surface area contributed by atoms with Crippen molar-refractivity contribution in [3.63, 3.8) is 0 Å². The summed E-state index contributed by atoms with van der Waals surface area (Å²) >= 11 is 0. The molecule has 1 fully saturated rings. The molecule has 1 aromatic rings. The minimum Gasteiger partial charge on any atom is -0.370 e. The van der Waals surface area contributed by atoms with E-state index in [1.54, 1.807) is 0 Å². The largest absolute Gasteiger partial charge is 0.370 e. The molecule has 3 rings (SSSR count). The number of anilines is 1. The molecule has 2 aliphatic rings. The van der Waals surface area contributed by atoms with E-state index in [0.29, 0.717) is 5.92 Å². The third-order valence-corrected chi connectivity index (χ3v) is 4.15. The molecule has 1 aromatic heterocycles. The number of nitrogens with zero attached hydrogens (tertiary/aromatic N) is 3. The van der Waals surface area contributed by atoms with E-state index in [-0.39, 0.29) is 0 Å². The van der Waals surface area contributed by atoms with Gasteiger partial charge < -0.3 is 10.2 Å². The average molecular weight is 234 g/mol. The summed E-state index contributed by atoms with van der Waals surface area (Å²) in [5.41, 5.74) is 2.89. The molecule has 0 atom stereocenters. The van der Waals surface area contributed by atoms with Gasteiger partial charge in [0.2, 0.25) is 0 Å². The lowest BCUT2D eigenvalue weighted by Crippen LogP contribution is -2.29. The van der Waals surface area contributed by atoms with E-state index >= 15 is 0 Å². The molecular formula is C13H22N4. The highest BCUT2D eigenvalue weighted by Gasteiger charge is 2.28. The van der Waals surface area contributed by atoms with E-state index in [9.17, 15) is 0 Å². The Labute approximate surface area is 103 Å². The van der Waals surface area contributed by atoms with Gasteiger partial charge in [0.15, 0.2) is 0 Å². The normalized spacial score (nSPS) is 21.5. The maximum Gasteiger partial charge on any atom is 0.127 e. The first-order valence-corrected chi connectivity index (χ1v) is 6.81. The van der Waals surface area contributed by atoms with Crippen molar-refractivity contribution < 1.29 is 0 Å². The molecule has 0 radical (unpaired) electrons. The molecule has 0 bridgehead atoms. The highest BCUT2D eigenvalue weighted by Crippen LogP contribution is 2.35. The van der Waals surface area contributed by atoms with Gasteiger partial charge in [-0.25, -0.2) is 4.68 Å². The Morgan fingerprint density at radius 2 is 2.12 bits per heavy atom. The maximum absolute atomic E-state index is 4.83. The zero-order chi connectivity index (χ0) is 11.8. The lowest BCUT2D eigenvalue weighted by atomic mass is 9.91. The van der Waals surface area contributed by atoms with Crippen molar-refractivity contribution in [2.24, 2.45) is 0 Å². The predicted octanol–water partition coefficient (Wildman–Crippen LogP) is 1.68. The number of hydrogen-bond donors (Lipinski definition) is 1. The highest BCUT2D eigenvalue weighted by atomic mass is 15.3. The van der Waals surface area contributed by atoms with Gasteiger partial charge in [0.1, 0.15) is 5.82 Å². The van der Waals surface area contributed by atoms with Crippen LogP contribution in [0.25, 0.3) is 0 Å². The van der Waals surface area contributed by atoms with Crippen LogP contribution in [0.15, 0.2) is 0 Å². The monoisotopic (exact) mass is 234 g/mol. The molecule has 0 unspecified atom stereocenters. The van der Waals surface area contributed by atoms with Crippen LogP contribution in [-0.2, 0) is 13.0 Å². The number of piperidine rings is 1. The lowest BCUT2D eigenvalue weighted by Gasteiger charge is -2.28. The molecule has 0 aromatic carbocycles. The second kappa shape index (κ2) is 4.33. The van der Waals surface area contributed by atoms with E-state index in [2.05, 4.69) is 28.9 Å². The molecule has 0 saturated carbocycles. The Bertz CT molecular complexity index is 402. The molecule has 94 valence electrons. The molecule has 1 saturated heterocycles. The second-order valence-corrected chi connectivity index (χ2v) is 5.28. The van der Waals surface area contributed by atoms with Gasteiger partial charge in [-0.1, -0.05) is 0 Å². The number of aromatic nitrogens is 2. The quantitative estimate of drug-likeness (QED) is 0.845. The Balaban J connectivity index is 1.88. The van der Waals surface area contributed by atoms with Crippen LogP contribution in [0, 0.1) is 0 Å². The van der Waals surface area contributed by atoms with Gasteiger partial charge >= 0.3 is 0 Å². The zero-order valence-corrected chi connectivity index (χ0v) is 10.9. The Hall–Kier alpha value is -1.03. The number of likely N-dealkylation sites (tertiary alicyclic amines) is 1.